The average Bonchev–Trinajstić information content (AvgIpc) is 2.30. The van der Waals surface area contributed by atoms with Gasteiger partial charge in [-0.05, 0) is 11.8 Å². The topological polar surface area (TPSA) is 24.7 Å². The van der Waals surface area contributed by atoms with Crippen LogP contribution in [0.15, 0.2) is 10.2 Å². The number of hydrogen-bond donors (Lipinski definition) is 0. The summed E-state index contributed by atoms with van der Waals surface area (Å²) in [6, 6.07) is 0.597. The van der Waals surface area contributed by atoms with Crippen LogP contribution in [-0.4, -0.2) is 12.6 Å². The lowest BCUT2D eigenvalue weighted by Crippen LogP contribution is -2.45. The first-order chi connectivity index (χ1) is 4.30. The minimum atomic E-state index is 0.597. The van der Waals surface area contributed by atoms with Gasteiger partial charge in [0.25, 0.3) is 0 Å². The molecule has 4 atom stereocenters. The van der Waals surface area contributed by atoms with E-state index in [1.165, 1.54) is 0 Å². The molecule has 0 aromatic heterocycles. The molecule has 2 nitrogen and oxygen atoms in total. The lowest BCUT2D eigenvalue weighted by Gasteiger charge is -2.42. The second-order valence-corrected chi connectivity index (χ2v) is 3.31. The highest BCUT2D eigenvalue weighted by molar-refractivity contribution is 5.00. The fourth-order valence-electron chi connectivity index (χ4n) is 1.96. The van der Waals surface area contributed by atoms with Crippen molar-refractivity contribution in [2.24, 2.45) is 28.0 Å². The van der Waals surface area contributed by atoms with E-state index in [1.54, 1.807) is 0 Å². The van der Waals surface area contributed by atoms with Crippen LogP contribution in [0.1, 0.15) is 13.8 Å². The molecule has 0 bridgehead atoms. The van der Waals surface area contributed by atoms with Gasteiger partial charge in [0, 0.05) is 5.92 Å². The summed E-state index contributed by atoms with van der Waals surface area (Å²) in [5.41, 5.74) is 0. The molecule has 0 aromatic carbocycles. The van der Waals surface area contributed by atoms with Crippen LogP contribution in [0.5, 0.6) is 0 Å². The Morgan fingerprint density at radius 1 is 1.22 bits per heavy atom. The number of fused-ring (bicyclic) bond motifs is 1. The Kier molecular flexibility index (Phi) is 0.930. The first kappa shape index (κ1) is 5.39. The van der Waals surface area contributed by atoms with E-state index in [4.69, 9.17) is 0 Å². The van der Waals surface area contributed by atoms with Crippen molar-refractivity contribution in [3.05, 3.63) is 0 Å². The second kappa shape index (κ2) is 1.55. The Balaban J connectivity index is 2.12. The van der Waals surface area contributed by atoms with Crippen LogP contribution in [0.2, 0.25) is 0 Å². The summed E-state index contributed by atoms with van der Waals surface area (Å²) in [6.45, 7) is 5.58. The van der Waals surface area contributed by atoms with Crippen LogP contribution in [0.4, 0.5) is 0 Å². The van der Waals surface area contributed by atoms with Crippen LogP contribution in [0, 0.1) is 17.8 Å². The fraction of sp³-hybridized carbons (Fsp3) is 1.00. The SMILES string of the molecule is C[C@@H]1[C@H](C)[C@@H]2CN=N[C@H]12. The van der Waals surface area contributed by atoms with Crippen LogP contribution in [-0.2, 0) is 0 Å². The van der Waals surface area contributed by atoms with E-state index in [1.807, 2.05) is 0 Å². The molecule has 0 spiro atoms. The van der Waals surface area contributed by atoms with Gasteiger partial charge in [-0.2, -0.15) is 10.2 Å². The van der Waals surface area contributed by atoms with Crippen molar-refractivity contribution < 1.29 is 0 Å². The molecule has 1 aliphatic heterocycles. The predicted molar refractivity (Wildman–Crippen MR) is 35.3 cm³/mol. The van der Waals surface area contributed by atoms with Gasteiger partial charge in [0.05, 0.1) is 12.6 Å². The molecule has 9 heavy (non-hydrogen) atoms. The molecule has 0 amide bonds. The molecule has 0 radical (unpaired) electrons. The average molecular weight is 124 g/mol. The van der Waals surface area contributed by atoms with Crippen molar-refractivity contribution in [3.8, 4) is 0 Å². The molecule has 2 heteroatoms. The molecule has 1 heterocycles. The monoisotopic (exact) mass is 124 g/mol. The zero-order valence-electron chi connectivity index (χ0n) is 5.91. The van der Waals surface area contributed by atoms with Gasteiger partial charge in [-0.25, -0.2) is 0 Å². The summed E-state index contributed by atoms with van der Waals surface area (Å²) >= 11 is 0. The van der Waals surface area contributed by atoms with Crippen molar-refractivity contribution in [2.45, 2.75) is 19.9 Å². The Hall–Kier alpha value is -0.400. The number of hydrogen-bond acceptors (Lipinski definition) is 2. The first-order valence-electron chi connectivity index (χ1n) is 3.67. The van der Waals surface area contributed by atoms with Gasteiger partial charge in [0.2, 0.25) is 0 Å². The van der Waals surface area contributed by atoms with Crippen LogP contribution in [0.25, 0.3) is 0 Å². The van der Waals surface area contributed by atoms with Crippen molar-refractivity contribution in [1.29, 1.82) is 0 Å². The highest BCUT2D eigenvalue weighted by atomic mass is 15.2. The lowest BCUT2D eigenvalue weighted by atomic mass is 9.63. The standard InChI is InChI=1S/C7H12N2/c1-4-5(2)7-6(4)3-8-9-7/h4-7H,3H2,1-2H3/t4-,5+,6-,7+/m0/s1. The minimum absolute atomic E-state index is 0.597. The molecule has 0 unspecified atom stereocenters. The Labute approximate surface area is 55.4 Å². The number of nitrogens with zero attached hydrogens (tertiary/aromatic N) is 2. The fourth-order valence-corrected chi connectivity index (χ4v) is 1.96. The molecular formula is C7H12N2. The predicted octanol–water partition coefficient (Wildman–Crippen LogP) is 1.72. The molecule has 0 N–H and O–H groups in total. The van der Waals surface area contributed by atoms with Crippen molar-refractivity contribution in [3.63, 3.8) is 0 Å². The summed E-state index contributed by atoms with van der Waals surface area (Å²) in [4.78, 5) is 0. The van der Waals surface area contributed by atoms with E-state index >= 15 is 0 Å². The summed E-state index contributed by atoms with van der Waals surface area (Å²) in [7, 11) is 0. The third-order valence-corrected chi connectivity index (χ3v) is 2.99. The third-order valence-electron chi connectivity index (χ3n) is 2.99. The Morgan fingerprint density at radius 2 is 2.00 bits per heavy atom. The molecule has 1 saturated carbocycles. The van der Waals surface area contributed by atoms with Gasteiger partial charge in [0.1, 0.15) is 0 Å². The highest BCUT2D eigenvalue weighted by Gasteiger charge is 2.47. The Morgan fingerprint density at radius 3 is 2.67 bits per heavy atom. The molecule has 2 rings (SSSR count). The molecule has 2 aliphatic rings. The molecule has 0 aromatic rings. The second-order valence-electron chi connectivity index (χ2n) is 3.31. The normalized spacial score (nSPS) is 54.9. The van der Waals surface area contributed by atoms with Gasteiger partial charge >= 0.3 is 0 Å². The van der Waals surface area contributed by atoms with Crippen molar-refractivity contribution >= 4 is 0 Å². The van der Waals surface area contributed by atoms with E-state index in [0.29, 0.717) is 6.04 Å². The van der Waals surface area contributed by atoms with Crippen molar-refractivity contribution in [1.82, 2.24) is 0 Å². The van der Waals surface area contributed by atoms with Gasteiger partial charge in [-0.1, -0.05) is 13.8 Å². The van der Waals surface area contributed by atoms with E-state index in [9.17, 15) is 0 Å². The first-order valence-corrected chi connectivity index (χ1v) is 3.67. The summed E-state index contributed by atoms with van der Waals surface area (Å²) in [5.74, 6) is 2.46. The zero-order valence-corrected chi connectivity index (χ0v) is 5.91. The molecular weight excluding hydrogens is 112 g/mol. The van der Waals surface area contributed by atoms with Crippen molar-refractivity contribution in [2.75, 3.05) is 6.54 Å². The summed E-state index contributed by atoms with van der Waals surface area (Å²) in [5, 5.41) is 8.19. The highest BCUT2D eigenvalue weighted by Crippen LogP contribution is 2.45. The summed E-state index contributed by atoms with van der Waals surface area (Å²) in [6.07, 6.45) is 0. The van der Waals surface area contributed by atoms with E-state index in [2.05, 4.69) is 24.1 Å². The van der Waals surface area contributed by atoms with Crippen LogP contribution >= 0.6 is 0 Å². The maximum atomic E-state index is 4.16. The third kappa shape index (κ3) is 0.511. The van der Waals surface area contributed by atoms with E-state index < -0.39 is 0 Å². The smallest absolute Gasteiger partial charge is 0.0785 e. The Bertz CT molecular complexity index is 153. The van der Waals surface area contributed by atoms with Crippen LogP contribution in [0.3, 0.4) is 0 Å². The zero-order chi connectivity index (χ0) is 6.43. The van der Waals surface area contributed by atoms with Gasteiger partial charge in [-0.15, -0.1) is 0 Å². The van der Waals surface area contributed by atoms with Gasteiger partial charge in [0.15, 0.2) is 0 Å². The quantitative estimate of drug-likeness (QED) is 0.469. The summed E-state index contributed by atoms with van der Waals surface area (Å²) < 4.78 is 0. The number of rotatable bonds is 0. The maximum Gasteiger partial charge on any atom is 0.0785 e. The van der Waals surface area contributed by atoms with E-state index in [0.717, 1.165) is 24.3 Å². The largest absolute Gasteiger partial charge is 0.194 e. The maximum absolute atomic E-state index is 4.16. The lowest BCUT2D eigenvalue weighted by molar-refractivity contribution is 0.0933. The number of azo groups is 1. The van der Waals surface area contributed by atoms with E-state index in [-0.39, 0.29) is 0 Å². The van der Waals surface area contributed by atoms with Gasteiger partial charge in [-0.3, -0.25) is 0 Å². The minimum Gasteiger partial charge on any atom is -0.194 e. The molecule has 50 valence electrons. The molecule has 1 aliphatic carbocycles. The van der Waals surface area contributed by atoms with Gasteiger partial charge < -0.3 is 0 Å². The molecule has 0 saturated heterocycles. The molecule has 1 fully saturated rings. The van der Waals surface area contributed by atoms with Crippen LogP contribution < -0.4 is 0 Å².